The van der Waals surface area contributed by atoms with Crippen molar-refractivity contribution in [1.29, 1.82) is 0 Å². The van der Waals surface area contributed by atoms with E-state index in [1.165, 1.54) is 0 Å². The monoisotopic (exact) mass is 280 g/mol. The molecule has 20 heavy (non-hydrogen) atoms. The molecule has 0 saturated carbocycles. The second kappa shape index (κ2) is 6.40. The van der Waals surface area contributed by atoms with Crippen molar-refractivity contribution in [3.05, 3.63) is 12.4 Å². The van der Waals surface area contributed by atoms with E-state index in [1.54, 1.807) is 17.3 Å². The van der Waals surface area contributed by atoms with Gasteiger partial charge in [-0.15, -0.1) is 0 Å². The Balaban J connectivity index is 1.91. The molecule has 0 atom stereocenters. The molecule has 1 aromatic heterocycles. The van der Waals surface area contributed by atoms with Gasteiger partial charge in [-0.05, 0) is 13.8 Å². The SMILES string of the molecule is CC(C)Oc1cncc(N(C)CCN2CCOC2=O)n1. The lowest BCUT2D eigenvalue weighted by atomic mass is 10.4. The van der Waals surface area contributed by atoms with Crippen LogP contribution in [0.1, 0.15) is 13.8 Å². The summed E-state index contributed by atoms with van der Waals surface area (Å²) >= 11 is 0. The van der Waals surface area contributed by atoms with Gasteiger partial charge in [0.2, 0.25) is 5.88 Å². The number of rotatable bonds is 6. The first-order valence-electron chi connectivity index (χ1n) is 6.68. The lowest BCUT2D eigenvalue weighted by molar-refractivity contribution is 0.159. The molecule has 0 aromatic carbocycles. The van der Waals surface area contributed by atoms with Crippen molar-refractivity contribution >= 4 is 11.9 Å². The maximum Gasteiger partial charge on any atom is 0.409 e. The Morgan fingerprint density at radius 3 is 2.95 bits per heavy atom. The fourth-order valence-electron chi connectivity index (χ4n) is 1.83. The van der Waals surface area contributed by atoms with E-state index in [0.717, 1.165) is 5.82 Å². The molecular weight excluding hydrogens is 260 g/mol. The van der Waals surface area contributed by atoms with Gasteiger partial charge in [0.15, 0.2) is 5.82 Å². The number of amides is 1. The summed E-state index contributed by atoms with van der Waals surface area (Å²) in [6, 6.07) is 0. The van der Waals surface area contributed by atoms with Crippen LogP contribution in [0, 0.1) is 0 Å². The van der Waals surface area contributed by atoms with Crippen LogP contribution in [0.3, 0.4) is 0 Å². The minimum absolute atomic E-state index is 0.0595. The number of nitrogens with zero attached hydrogens (tertiary/aromatic N) is 4. The fraction of sp³-hybridized carbons (Fsp3) is 0.615. The largest absolute Gasteiger partial charge is 0.474 e. The van der Waals surface area contributed by atoms with Crippen LogP contribution in [0.2, 0.25) is 0 Å². The van der Waals surface area contributed by atoms with Gasteiger partial charge in [-0.3, -0.25) is 4.98 Å². The molecule has 1 aromatic rings. The summed E-state index contributed by atoms with van der Waals surface area (Å²) in [6.07, 6.45) is 3.08. The molecule has 1 saturated heterocycles. The van der Waals surface area contributed by atoms with E-state index in [2.05, 4.69) is 9.97 Å². The Morgan fingerprint density at radius 2 is 2.30 bits per heavy atom. The molecule has 0 radical (unpaired) electrons. The molecule has 1 fully saturated rings. The van der Waals surface area contributed by atoms with Gasteiger partial charge >= 0.3 is 6.09 Å². The third-order valence-corrected chi connectivity index (χ3v) is 2.90. The third-order valence-electron chi connectivity index (χ3n) is 2.90. The molecule has 7 nitrogen and oxygen atoms in total. The molecule has 2 heterocycles. The number of hydrogen-bond donors (Lipinski definition) is 0. The number of carbonyl (C=O) groups is 1. The summed E-state index contributed by atoms with van der Waals surface area (Å²) in [4.78, 5) is 23.5. The van der Waals surface area contributed by atoms with Crippen LogP contribution in [0.15, 0.2) is 12.4 Å². The van der Waals surface area contributed by atoms with Crippen molar-refractivity contribution in [2.45, 2.75) is 20.0 Å². The van der Waals surface area contributed by atoms with Crippen LogP contribution in [-0.4, -0.2) is 60.4 Å². The smallest absolute Gasteiger partial charge is 0.409 e. The third kappa shape index (κ3) is 3.72. The summed E-state index contributed by atoms with van der Waals surface area (Å²) in [5.74, 6) is 1.22. The average molecular weight is 280 g/mol. The first-order chi connectivity index (χ1) is 9.56. The molecular formula is C13H20N4O3. The standard InChI is InChI=1S/C13H20N4O3/c1-10(2)20-12-9-14-8-11(15-12)16(3)4-5-17-6-7-19-13(17)18/h8-10H,4-7H2,1-3H3. The predicted molar refractivity (Wildman–Crippen MR) is 74.0 cm³/mol. The van der Waals surface area contributed by atoms with Gasteiger partial charge in [-0.1, -0.05) is 0 Å². The normalized spacial score (nSPS) is 14.6. The van der Waals surface area contributed by atoms with Crippen molar-refractivity contribution in [2.24, 2.45) is 0 Å². The van der Waals surface area contributed by atoms with Crippen LogP contribution in [0.25, 0.3) is 0 Å². The van der Waals surface area contributed by atoms with Crippen LogP contribution in [0.5, 0.6) is 5.88 Å². The molecule has 0 unspecified atom stereocenters. The Bertz CT molecular complexity index is 467. The molecule has 1 aliphatic heterocycles. The fourth-order valence-corrected chi connectivity index (χ4v) is 1.83. The van der Waals surface area contributed by atoms with Crippen molar-refractivity contribution in [1.82, 2.24) is 14.9 Å². The maximum absolute atomic E-state index is 11.3. The van der Waals surface area contributed by atoms with Crippen LogP contribution >= 0.6 is 0 Å². The summed E-state index contributed by atoms with van der Waals surface area (Å²) < 4.78 is 10.4. The molecule has 110 valence electrons. The highest BCUT2D eigenvalue weighted by atomic mass is 16.6. The Morgan fingerprint density at radius 1 is 1.50 bits per heavy atom. The molecule has 0 bridgehead atoms. The van der Waals surface area contributed by atoms with E-state index < -0.39 is 0 Å². The second-order valence-corrected chi connectivity index (χ2v) is 4.91. The number of cyclic esters (lactones) is 1. The topological polar surface area (TPSA) is 67.8 Å². The Kier molecular flexibility index (Phi) is 4.60. The van der Waals surface area contributed by atoms with Gasteiger partial charge in [-0.25, -0.2) is 4.79 Å². The van der Waals surface area contributed by atoms with E-state index in [9.17, 15) is 4.79 Å². The molecule has 2 rings (SSSR count). The minimum Gasteiger partial charge on any atom is -0.474 e. The van der Waals surface area contributed by atoms with Gasteiger partial charge < -0.3 is 19.3 Å². The van der Waals surface area contributed by atoms with E-state index in [1.807, 2.05) is 25.8 Å². The molecule has 1 amide bonds. The minimum atomic E-state index is -0.249. The van der Waals surface area contributed by atoms with E-state index in [0.29, 0.717) is 32.1 Å². The van der Waals surface area contributed by atoms with E-state index >= 15 is 0 Å². The summed E-state index contributed by atoms with van der Waals surface area (Å²) in [7, 11) is 1.91. The lowest BCUT2D eigenvalue weighted by Gasteiger charge is -2.21. The van der Waals surface area contributed by atoms with Crippen LogP contribution in [0.4, 0.5) is 10.6 Å². The van der Waals surface area contributed by atoms with Crippen molar-refractivity contribution in [3.63, 3.8) is 0 Å². The number of likely N-dealkylation sites (N-methyl/N-ethyl adjacent to an activating group) is 1. The Labute approximate surface area is 118 Å². The van der Waals surface area contributed by atoms with Gasteiger partial charge in [0.05, 0.1) is 25.0 Å². The zero-order valence-electron chi connectivity index (χ0n) is 12.1. The lowest BCUT2D eigenvalue weighted by Crippen LogP contribution is -2.34. The number of ether oxygens (including phenoxy) is 2. The van der Waals surface area contributed by atoms with Gasteiger partial charge in [0.25, 0.3) is 0 Å². The summed E-state index contributed by atoms with van der Waals surface area (Å²) in [5, 5.41) is 0. The van der Waals surface area contributed by atoms with E-state index in [-0.39, 0.29) is 12.2 Å². The first kappa shape index (κ1) is 14.4. The highest BCUT2D eigenvalue weighted by Crippen LogP contribution is 2.14. The van der Waals surface area contributed by atoms with Gasteiger partial charge in [-0.2, -0.15) is 4.98 Å². The maximum atomic E-state index is 11.3. The zero-order valence-corrected chi connectivity index (χ0v) is 12.1. The molecule has 0 N–H and O–H groups in total. The van der Waals surface area contributed by atoms with Crippen molar-refractivity contribution in [2.75, 3.05) is 38.2 Å². The highest BCUT2D eigenvalue weighted by molar-refractivity contribution is 5.69. The van der Waals surface area contributed by atoms with Gasteiger partial charge in [0.1, 0.15) is 6.61 Å². The predicted octanol–water partition coefficient (Wildman–Crippen LogP) is 1.15. The van der Waals surface area contributed by atoms with Crippen LogP contribution < -0.4 is 9.64 Å². The number of hydrogen-bond acceptors (Lipinski definition) is 6. The molecule has 7 heteroatoms. The first-order valence-corrected chi connectivity index (χ1v) is 6.68. The van der Waals surface area contributed by atoms with Gasteiger partial charge in [0, 0.05) is 20.1 Å². The number of anilines is 1. The zero-order chi connectivity index (χ0) is 14.5. The molecule has 0 aliphatic carbocycles. The van der Waals surface area contributed by atoms with Crippen molar-refractivity contribution in [3.8, 4) is 5.88 Å². The van der Waals surface area contributed by atoms with Crippen molar-refractivity contribution < 1.29 is 14.3 Å². The summed E-state index contributed by atoms with van der Waals surface area (Å²) in [6.45, 7) is 6.27. The quantitative estimate of drug-likeness (QED) is 0.778. The summed E-state index contributed by atoms with van der Waals surface area (Å²) in [5.41, 5.74) is 0. The molecule has 1 aliphatic rings. The van der Waals surface area contributed by atoms with Crippen LogP contribution in [-0.2, 0) is 4.74 Å². The second-order valence-electron chi connectivity index (χ2n) is 4.91. The highest BCUT2D eigenvalue weighted by Gasteiger charge is 2.21. The Hall–Kier alpha value is -2.05. The average Bonchev–Trinajstić information content (AvgIpc) is 2.81. The number of aromatic nitrogens is 2. The van der Waals surface area contributed by atoms with E-state index in [4.69, 9.17) is 9.47 Å². The number of carbonyl (C=O) groups excluding carboxylic acids is 1. The molecule has 0 spiro atoms.